The number of amides is 1. The molecule has 3 heterocycles. The molecule has 6 nitrogen and oxygen atoms in total. The Hall–Kier alpha value is -3.07. The van der Waals surface area contributed by atoms with Gasteiger partial charge in [-0.05, 0) is 24.3 Å². The van der Waals surface area contributed by atoms with Gasteiger partial charge in [0, 0.05) is 29.9 Å². The third-order valence-corrected chi connectivity index (χ3v) is 6.62. The summed E-state index contributed by atoms with van der Waals surface area (Å²) in [6, 6.07) is 18.1. The second-order valence-electron chi connectivity index (χ2n) is 6.71. The number of benzene rings is 2. The highest BCUT2D eigenvalue weighted by Crippen LogP contribution is 2.31. The van der Waals surface area contributed by atoms with Gasteiger partial charge in [-0.25, -0.2) is 9.97 Å². The third-order valence-electron chi connectivity index (χ3n) is 4.80. The standard InChI is InChI=1S/C22H18N4O2S2/c1-28-11-10-26-17-8-4-2-6-14(17)12-18(26)21-23-16(13-29-21)20(27)25-22-24-15-7-3-5-9-19(15)30-22/h2-9,12-13H,10-11H2,1H3,(H,24,25,27). The van der Waals surface area contributed by atoms with E-state index in [-0.39, 0.29) is 5.91 Å². The Morgan fingerprint density at radius 2 is 1.97 bits per heavy atom. The molecule has 5 aromatic rings. The van der Waals surface area contributed by atoms with Crippen molar-refractivity contribution in [3.05, 3.63) is 65.7 Å². The number of rotatable bonds is 6. The first-order chi connectivity index (χ1) is 14.7. The van der Waals surface area contributed by atoms with Crippen LogP contribution in [0.5, 0.6) is 0 Å². The first-order valence-corrected chi connectivity index (χ1v) is 11.1. The lowest BCUT2D eigenvalue weighted by Crippen LogP contribution is -2.12. The second-order valence-corrected chi connectivity index (χ2v) is 8.60. The minimum Gasteiger partial charge on any atom is -0.383 e. The van der Waals surface area contributed by atoms with Crippen molar-refractivity contribution in [3.8, 4) is 10.7 Å². The second kappa shape index (κ2) is 7.98. The summed E-state index contributed by atoms with van der Waals surface area (Å²) in [7, 11) is 1.69. The molecule has 1 amide bonds. The van der Waals surface area contributed by atoms with Crippen molar-refractivity contribution in [2.75, 3.05) is 19.0 Å². The van der Waals surface area contributed by atoms with Crippen LogP contribution in [0.1, 0.15) is 10.5 Å². The third kappa shape index (κ3) is 3.49. The Bertz CT molecular complexity index is 1320. The summed E-state index contributed by atoms with van der Waals surface area (Å²) in [4.78, 5) is 21.8. The Labute approximate surface area is 180 Å². The summed E-state index contributed by atoms with van der Waals surface area (Å²) in [6.07, 6.45) is 0. The fourth-order valence-corrected chi connectivity index (χ4v) is 5.08. The predicted molar refractivity (Wildman–Crippen MR) is 122 cm³/mol. The van der Waals surface area contributed by atoms with Crippen LogP contribution in [0.3, 0.4) is 0 Å². The molecular weight excluding hydrogens is 416 g/mol. The topological polar surface area (TPSA) is 69.0 Å². The van der Waals surface area contributed by atoms with Crippen LogP contribution < -0.4 is 5.32 Å². The number of fused-ring (bicyclic) bond motifs is 2. The molecule has 0 aliphatic carbocycles. The number of nitrogens with zero attached hydrogens (tertiary/aromatic N) is 3. The van der Waals surface area contributed by atoms with Crippen LogP contribution in [0.4, 0.5) is 5.13 Å². The molecule has 0 aliphatic heterocycles. The lowest BCUT2D eigenvalue weighted by molar-refractivity contribution is 0.102. The van der Waals surface area contributed by atoms with Gasteiger partial charge in [0.05, 0.1) is 22.5 Å². The Balaban J connectivity index is 1.44. The number of aromatic nitrogens is 3. The molecule has 0 saturated carbocycles. The molecule has 0 bridgehead atoms. The number of hydrogen-bond acceptors (Lipinski definition) is 6. The number of methoxy groups -OCH3 is 1. The summed E-state index contributed by atoms with van der Waals surface area (Å²) in [6.45, 7) is 1.31. The van der Waals surface area contributed by atoms with Gasteiger partial charge >= 0.3 is 0 Å². The van der Waals surface area contributed by atoms with E-state index in [4.69, 9.17) is 4.74 Å². The average molecular weight is 435 g/mol. The van der Waals surface area contributed by atoms with Crippen molar-refractivity contribution >= 4 is 54.8 Å². The van der Waals surface area contributed by atoms with Gasteiger partial charge in [0.25, 0.3) is 5.91 Å². The molecule has 5 rings (SSSR count). The van der Waals surface area contributed by atoms with Crippen LogP contribution in [0.15, 0.2) is 60.0 Å². The minimum absolute atomic E-state index is 0.254. The lowest BCUT2D eigenvalue weighted by Gasteiger charge is -2.08. The lowest BCUT2D eigenvalue weighted by atomic mass is 10.2. The molecule has 0 saturated heterocycles. The van der Waals surface area contributed by atoms with Gasteiger partial charge in [0.15, 0.2) is 5.13 Å². The van der Waals surface area contributed by atoms with Crippen LogP contribution in [-0.4, -0.2) is 34.2 Å². The normalized spacial score (nSPS) is 11.4. The quantitative estimate of drug-likeness (QED) is 0.395. The van der Waals surface area contributed by atoms with E-state index >= 15 is 0 Å². The number of ether oxygens (including phenoxy) is 1. The van der Waals surface area contributed by atoms with Crippen molar-refractivity contribution in [1.29, 1.82) is 0 Å². The molecule has 0 atom stereocenters. The van der Waals surface area contributed by atoms with E-state index < -0.39 is 0 Å². The highest BCUT2D eigenvalue weighted by atomic mass is 32.1. The zero-order valence-electron chi connectivity index (χ0n) is 16.2. The fraction of sp³-hybridized carbons (Fsp3) is 0.136. The molecule has 3 aromatic heterocycles. The van der Waals surface area contributed by atoms with Crippen molar-refractivity contribution in [2.24, 2.45) is 0 Å². The molecule has 150 valence electrons. The number of anilines is 1. The largest absolute Gasteiger partial charge is 0.383 e. The fourth-order valence-electron chi connectivity index (χ4n) is 3.39. The number of para-hydroxylation sites is 2. The van der Waals surface area contributed by atoms with Crippen LogP contribution in [0, 0.1) is 0 Å². The Morgan fingerprint density at radius 1 is 1.13 bits per heavy atom. The minimum atomic E-state index is -0.254. The molecule has 0 radical (unpaired) electrons. The molecular formula is C22H18N4O2S2. The Morgan fingerprint density at radius 3 is 2.83 bits per heavy atom. The summed E-state index contributed by atoms with van der Waals surface area (Å²) < 4.78 is 8.51. The maximum Gasteiger partial charge on any atom is 0.276 e. The smallest absolute Gasteiger partial charge is 0.276 e. The van der Waals surface area contributed by atoms with E-state index in [1.807, 2.05) is 36.4 Å². The summed E-state index contributed by atoms with van der Waals surface area (Å²) in [5.41, 5.74) is 3.37. The zero-order chi connectivity index (χ0) is 20.5. The van der Waals surface area contributed by atoms with Gasteiger partial charge in [-0.2, -0.15) is 0 Å². The number of carbonyl (C=O) groups is 1. The average Bonchev–Trinajstić information content (AvgIpc) is 3.48. The summed E-state index contributed by atoms with van der Waals surface area (Å²) in [5.74, 6) is -0.254. The van der Waals surface area contributed by atoms with Crippen LogP contribution >= 0.6 is 22.7 Å². The number of thiazole rings is 2. The van der Waals surface area contributed by atoms with Crippen LogP contribution in [-0.2, 0) is 11.3 Å². The first-order valence-electron chi connectivity index (χ1n) is 9.43. The highest BCUT2D eigenvalue weighted by Gasteiger charge is 2.17. The van der Waals surface area contributed by atoms with Gasteiger partial charge in [0.2, 0.25) is 0 Å². The van der Waals surface area contributed by atoms with Crippen LogP contribution in [0.25, 0.3) is 31.8 Å². The summed E-state index contributed by atoms with van der Waals surface area (Å²) >= 11 is 2.91. The van der Waals surface area contributed by atoms with Crippen molar-refractivity contribution in [3.63, 3.8) is 0 Å². The molecule has 0 fully saturated rings. The van der Waals surface area contributed by atoms with E-state index in [9.17, 15) is 4.79 Å². The predicted octanol–water partition coefficient (Wildman–Crippen LogP) is 5.27. The van der Waals surface area contributed by atoms with Crippen molar-refractivity contribution < 1.29 is 9.53 Å². The monoisotopic (exact) mass is 434 g/mol. The number of nitrogens with one attached hydrogen (secondary N) is 1. The number of carbonyl (C=O) groups excluding carboxylic acids is 1. The maximum atomic E-state index is 12.7. The molecule has 2 aromatic carbocycles. The van der Waals surface area contributed by atoms with E-state index in [2.05, 4.69) is 38.1 Å². The van der Waals surface area contributed by atoms with Crippen molar-refractivity contribution in [1.82, 2.24) is 14.5 Å². The van der Waals surface area contributed by atoms with Gasteiger partial charge in [-0.15, -0.1) is 11.3 Å². The zero-order valence-corrected chi connectivity index (χ0v) is 17.8. The SMILES string of the molecule is COCCn1c(-c2nc(C(=O)Nc3nc4ccccc4s3)cs2)cc2ccccc21. The van der Waals surface area contributed by atoms with E-state index in [0.29, 0.717) is 24.0 Å². The van der Waals surface area contributed by atoms with Crippen LogP contribution in [0.2, 0.25) is 0 Å². The van der Waals surface area contributed by atoms with Gasteiger partial charge < -0.3 is 9.30 Å². The van der Waals surface area contributed by atoms with E-state index in [0.717, 1.165) is 31.8 Å². The maximum absolute atomic E-state index is 12.7. The highest BCUT2D eigenvalue weighted by molar-refractivity contribution is 7.22. The molecule has 0 aliphatic rings. The van der Waals surface area contributed by atoms with Gasteiger partial charge in [-0.1, -0.05) is 41.7 Å². The Kier molecular flexibility index (Phi) is 5.04. The first kappa shape index (κ1) is 18.9. The molecule has 0 unspecified atom stereocenters. The van der Waals surface area contributed by atoms with E-state index in [1.165, 1.54) is 22.7 Å². The molecule has 8 heteroatoms. The molecule has 30 heavy (non-hydrogen) atoms. The molecule has 0 spiro atoms. The number of hydrogen-bond donors (Lipinski definition) is 1. The molecule has 1 N–H and O–H groups in total. The summed E-state index contributed by atoms with van der Waals surface area (Å²) in [5, 5.41) is 7.18. The van der Waals surface area contributed by atoms with Crippen molar-refractivity contribution in [2.45, 2.75) is 6.54 Å². The van der Waals surface area contributed by atoms with Gasteiger partial charge in [-0.3, -0.25) is 10.1 Å². The van der Waals surface area contributed by atoms with Gasteiger partial charge in [0.1, 0.15) is 10.7 Å². The van der Waals surface area contributed by atoms with E-state index in [1.54, 1.807) is 12.5 Å².